The second-order valence-corrected chi connectivity index (χ2v) is 4.69. The van der Waals surface area contributed by atoms with Gasteiger partial charge >= 0.3 is 6.03 Å². The highest BCUT2D eigenvalue weighted by atomic mass is 19.1. The average Bonchev–Trinajstić information content (AvgIpc) is 2.88. The first-order valence-electron chi connectivity index (χ1n) is 6.57. The van der Waals surface area contributed by atoms with Crippen molar-refractivity contribution in [2.45, 2.75) is 19.4 Å². The first-order chi connectivity index (χ1) is 9.60. The Labute approximate surface area is 117 Å². The number of hydrogen-bond donors (Lipinski definition) is 1. The fraction of sp³-hybridized carbons (Fsp3) is 0.429. The van der Waals surface area contributed by atoms with Gasteiger partial charge in [0.25, 0.3) is 0 Å². The van der Waals surface area contributed by atoms with Gasteiger partial charge in [-0.2, -0.15) is 0 Å². The number of halogens is 1. The van der Waals surface area contributed by atoms with E-state index in [9.17, 15) is 9.18 Å². The minimum atomic E-state index is -0.277. The van der Waals surface area contributed by atoms with Crippen molar-refractivity contribution in [3.63, 3.8) is 0 Å². The lowest BCUT2D eigenvalue weighted by molar-refractivity contribution is 0.0657. The molecule has 0 unspecified atom stereocenters. The van der Waals surface area contributed by atoms with Crippen LogP contribution in [0, 0.1) is 5.82 Å². The summed E-state index contributed by atoms with van der Waals surface area (Å²) in [6.45, 7) is 2.92. The highest BCUT2D eigenvalue weighted by Crippen LogP contribution is 2.17. The van der Waals surface area contributed by atoms with Gasteiger partial charge in [0.05, 0.1) is 12.3 Å². The van der Waals surface area contributed by atoms with E-state index >= 15 is 0 Å². The normalized spacial score (nSPS) is 17.4. The zero-order chi connectivity index (χ0) is 14.5. The van der Waals surface area contributed by atoms with Crippen molar-refractivity contribution in [2.75, 3.05) is 20.1 Å². The van der Waals surface area contributed by atoms with Gasteiger partial charge in [-0.15, -0.1) is 0 Å². The molecule has 1 atom stereocenters. The van der Waals surface area contributed by atoms with Crippen molar-refractivity contribution in [3.8, 4) is 0 Å². The fourth-order valence-electron chi connectivity index (χ4n) is 2.01. The first kappa shape index (κ1) is 14.3. The van der Waals surface area contributed by atoms with Crippen molar-refractivity contribution in [1.82, 2.24) is 10.2 Å². The highest BCUT2D eigenvalue weighted by molar-refractivity contribution is 6.01. The lowest BCUT2D eigenvalue weighted by Gasteiger charge is -2.19. The van der Waals surface area contributed by atoms with Crippen LogP contribution in [0.15, 0.2) is 29.4 Å². The second-order valence-electron chi connectivity index (χ2n) is 4.69. The summed E-state index contributed by atoms with van der Waals surface area (Å²) in [5, 5.41) is 6.73. The number of urea groups is 1. The predicted molar refractivity (Wildman–Crippen MR) is 74.1 cm³/mol. The molecule has 0 saturated carbocycles. The Morgan fingerprint density at radius 1 is 1.50 bits per heavy atom. The summed E-state index contributed by atoms with van der Waals surface area (Å²) in [6, 6.07) is 6.00. The molecule has 1 heterocycles. The van der Waals surface area contributed by atoms with Crippen LogP contribution in [0.4, 0.5) is 9.18 Å². The van der Waals surface area contributed by atoms with Crippen LogP contribution >= 0.6 is 0 Å². The Morgan fingerprint density at radius 2 is 2.20 bits per heavy atom. The molecule has 20 heavy (non-hydrogen) atoms. The Hall–Kier alpha value is -2.11. The number of rotatable bonds is 4. The van der Waals surface area contributed by atoms with Crippen LogP contribution in [0.3, 0.4) is 0 Å². The van der Waals surface area contributed by atoms with Crippen LogP contribution in [-0.4, -0.2) is 42.9 Å². The van der Waals surface area contributed by atoms with E-state index in [1.165, 1.54) is 12.1 Å². The Bertz CT molecular complexity index is 502. The van der Waals surface area contributed by atoms with Gasteiger partial charge in [0.1, 0.15) is 5.82 Å². The van der Waals surface area contributed by atoms with Gasteiger partial charge in [0, 0.05) is 20.0 Å². The van der Waals surface area contributed by atoms with Gasteiger partial charge in [0.15, 0.2) is 6.10 Å². The number of carbonyl (C=O) groups excluding carboxylic acids is 1. The molecule has 0 spiro atoms. The largest absolute Gasteiger partial charge is 0.390 e. The van der Waals surface area contributed by atoms with Crippen LogP contribution < -0.4 is 5.32 Å². The highest BCUT2D eigenvalue weighted by Gasteiger charge is 2.24. The zero-order valence-corrected chi connectivity index (χ0v) is 11.6. The summed E-state index contributed by atoms with van der Waals surface area (Å²) in [4.78, 5) is 18.5. The molecule has 0 radical (unpaired) electrons. The van der Waals surface area contributed by atoms with E-state index in [0.29, 0.717) is 19.5 Å². The summed E-state index contributed by atoms with van der Waals surface area (Å²) in [5.41, 5.74) is 1.62. The lowest BCUT2D eigenvalue weighted by atomic mass is 10.0. The van der Waals surface area contributed by atoms with Gasteiger partial charge < -0.3 is 15.1 Å². The molecular formula is C14H18FN3O2. The summed E-state index contributed by atoms with van der Waals surface area (Å²) >= 11 is 0. The van der Waals surface area contributed by atoms with E-state index in [1.54, 1.807) is 24.1 Å². The fourth-order valence-corrected chi connectivity index (χ4v) is 2.01. The Balaban J connectivity index is 1.88. The van der Waals surface area contributed by atoms with E-state index in [-0.39, 0.29) is 18.0 Å². The quantitative estimate of drug-likeness (QED) is 0.916. The van der Waals surface area contributed by atoms with Gasteiger partial charge in [-0.05, 0) is 24.6 Å². The topological polar surface area (TPSA) is 53.9 Å². The van der Waals surface area contributed by atoms with Gasteiger partial charge in [0.2, 0.25) is 0 Å². The number of benzene rings is 1. The molecule has 0 fully saturated rings. The smallest absolute Gasteiger partial charge is 0.317 e. The monoisotopic (exact) mass is 279 g/mol. The van der Waals surface area contributed by atoms with Crippen LogP contribution in [0.2, 0.25) is 0 Å². The molecule has 108 valence electrons. The number of likely N-dealkylation sites (N-methyl/N-ethyl adjacent to an activating group) is 1. The molecule has 1 aromatic carbocycles. The molecule has 2 rings (SSSR count). The van der Waals surface area contributed by atoms with Crippen LogP contribution in [0.1, 0.15) is 18.9 Å². The van der Waals surface area contributed by atoms with E-state index in [4.69, 9.17) is 4.84 Å². The third kappa shape index (κ3) is 3.46. The van der Waals surface area contributed by atoms with E-state index in [2.05, 4.69) is 10.5 Å². The Kier molecular flexibility index (Phi) is 4.55. The summed E-state index contributed by atoms with van der Waals surface area (Å²) < 4.78 is 12.9. The number of carbonyl (C=O) groups is 1. The van der Waals surface area contributed by atoms with Crippen molar-refractivity contribution in [1.29, 1.82) is 0 Å². The van der Waals surface area contributed by atoms with E-state index < -0.39 is 0 Å². The number of oxime groups is 1. The van der Waals surface area contributed by atoms with E-state index in [1.807, 2.05) is 6.92 Å². The zero-order valence-electron chi connectivity index (χ0n) is 11.6. The van der Waals surface area contributed by atoms with Crippen LogP contribution in [-0.2, 0) is 4.84 Å². The molecule has 0 bridgehead atoms. The maximum Gasteiger partial charge on any atom is 0.317 e. The average molecular weight is 279 g/mol. The minimum absolute atomic E-state index is 0.133. The Morgan fingerprint density at radius 3 is 2.85 bits per heavy atom. The third-order valence-electron chi connectivity index (χ3n) is 3.06. The van der Waals surface area contributed by atoms with E-state index in [0.717, 1.165) is 11.3 Å². The maximum atomic E-state index is 12.9. The number of amides is 2. The van der Waals surface area contributed by atoms with Gasteiger partial charge in [-0.25, -0.2) is 9.18 Å². The lowest BCUT2D eigenvalue weighted by Crippen LogP contribution is -2.41. The molecular weight excluding hydrogens is 261 g/mol. The third-order valence-corrected chi connectivity index (χ3v) is 3.06. The van der Waals surface area contributed by atoms with Crippen molar-refractivity contribution >= 4 is 11.7 Å². The summed E-state index contributed by atoms with van der Waals surface area (Å²) in [5.74, 6) is -0.277. The van der Waals surface area contributed by atoms with Crippen molar-refractivity contribution in [2.24, 2.45) is 5.16 Å². The summed E-state index contributed by atoms with van der Waals surface area (Å²) in [6.07, 6.45) is 0.442. The number of nitrogens with one attached hydrogen (secondary N) is 1. The van der Waals surface area contributed by atoms with Crippen LogP contribution in [0.25, 0.3) is 0 Å². The minimum Gasteiger partial charge on any atom is -0.390 e. The first-order valence-corrected chi connectivity index (χ1v) is 6.57. The molecule has 0 saturated heterocycles. The molecule has 1 aliphatic heterocycles. The number of nitrogens with zero attached hydrogens (tertiary/aromatic N) is 2. The van der Waals surface area contributed by atoms with Crippen molar-refractivity contribution in [3.05, 3.63) is 35.6 Å². The summed E-state index contributed by atoms with van der Waals surface area (Å²) in [7, 11) is 1.71. The maximum absolute atomic E-state index is 12.9. The molecule has 0 aromatic heterocycles. The second kappa shape index (κ2) is 6.36. The van der Waals surface area contributed by atoms with Crippen molar-refractivity contribution < 1.29 is 14.0 Å². The molecule has 6 heteroatoms. The molecule has 1 aromatic rings. The molecule has 0 aliphatic carbocycles. The van der Waals surface area contributed by atoms with Gasteiger partial charge in [-0.1, -0.05) is 17.3 Å². The molecule has 1 aliphatic rings. The SMILES string of the molecule is CCNC(=O)N(C)C[C@H]1CC(c2ccc(F)cc2)=NO1. The predicted octanol–water partition coefficient (Wildman–Crippen LogP) is 1.98. The molecule has 5 nitrogen and oxygen atoms in total. The van der Waals surface area contributed by atoms with Crippen LogP contribution in [0.5, 0.6) is 0 Å². The molecule has 2 amide bonds. The van der Waals surface area contributed by atoms with Gasteiger partial charge in [-0.3, -0.25) is 0 Å². The number of hydrogen-bond acceptors (Lipinski definition) is 3. The molecule has 1 N–H and O–H groups in total. The standard InChI is InChI=1S/C14H18FN3O2/c1-3-16-14(19)18(2)9-12-8-13(17-20-12)10-4-6-11(15)7-5-10/h4-7,12H,3,8-9H2,1-2H3,(H,16,19)/t12-/m1/s1.